The van der Waals surface area contributed by atoms with Crippen molar-refractivity contribution in [2.75, 3.05) is 25.0 Å². The number of anilines is 1. The van der Waals surface area contributed by atoms with Gasteiger partial charge in [-0.25, -0.2) is 0 Å². The van der Waals surface area contributed by atoms with Crippen molar-refractivity contribution in [3.05, 3.63) is 29.8 Å². The molecule has 2 rings (SSSR count). The second kappa shape index (κ2) is 6.78. The lowest BCUT2D eigenvalue weighted by atomic mass is 10.2. The molecule has 0 saturated heterocycles. The molecular weight excluding hydrogens is 274 g/mol. The van der Waals surface area contributed by atoms with Gasteiger partial charge in [0.2, 0.25) is 5.91 Å². The topological polar surface area (TPSA) is 78.6 Å². The summed E-state index contributed by atoms with van der Waals surface area (Å²) in [4.78, 5) is 14.3. The molecule has 108 valence electrons. The predicted octanol–water partition coefficient (Wildman–Crippen LogP) is 0.716. The largest absolute Gasteiger partial charge is 0.395 e. The van der Waals surface area contributed by atoms with E-state index in [2.05, 4.69) is 5.32 Å². The van der Waals surface area contributed by atoms with E-state index in [4.69, 9.17) is 23.1 Å². The second-order valence-corrected chi connectivity index (χ2v) is 5.32. The van der Waals surface area contributed by atoms with Crippen molar-refractivity contribution < 1.29 is 9.90 Å². The van der Waals surface area contributed by atoms with Crippen molar-refractivity contribution in [1.29, 1.82) is 0 Å². The number of carbonyl (C=O) groups excluding carboxylic acids is 1. The molecule has 0 atom stereocenters. The second-order valence-electron chi connectivity index (χ2n) is 4.88. The summed E-state index contributed by atoms with van der Waals surface area (Å²) in [6.45, 7) is 0.860. The Kier molecular flexibility index (Phi) is 5.05. The summed E-state index contributed by atoms with van der Waals surface area (Å²) in [5.74, 6) is -0.117. The third kappa shape index (κ3) is 4.00. The Morgan fingerprint density at radius 1 is 1.45 bits per heavy atom. The Morgan fingerprint density at radius 3 is 2.75 bits per heavy atom. The number of benzene rings is 1. The molecule has 0 aromatic heterocycles. The number of nitrogens with two attached hydrogens (primary N) is 1. The smallest absolute Gasteiger partial charge is 0.238 e. The number of carbonyl (C=O) groups is 1. The molecule has 1 saturated carbocycles. The molecule has 0 radical (unpaired) electrons. The third-order valence-electron chi connectivity index (χ3n) is 3.26. The molecule has 1 aliphatic rings. The van der Waals surface area contributed by atoms with Crippen LogP contribution in [0.15, 0.2) is 24.3 Å². The zero-order valence-electron chi connectivity index (χ0n) is 11.2. The SMILES string of the molecule is NC(=S)c1ccccc1NC(=O)CN(CCO)C1CC1. The summed E-state index contributed by atoms with van der Waals surface area (Å²) >= 11 is 4.97. The summed E-state index contributed by atoms with van der Waals surface area (Å²) in [5.41, 5.74) is 6.93. The van der Waals surface area contributed by atoms with Crippen LogP contribution in [0.3, 0.4) is 0 Å². The van der Waals surface area contributed by atoms with Crippen LogP contribution in [0.1, 0.15) is 18.4 Å². The maximum Gasteiger partial charge on any atom is 0.238 e. The van der Waals surface area contributed by atoms with Crippen LogP contribution in [-0.2, 0) is 4.79 Å². The summed E-state index contributed by atoms with van der Waals surface area (Å²) in [7, 11) is 0. The zero-order valence-corrected chi connectivity index (χ0v) is 12.0. The number of hydrogen-bond acceptors (Lipinski definition) is 4. The van der Waals surface area contributed by atoms with Gasteiger partial charge in [0.1, 0.15) is 4.99 Å². The van der Waals surface area contributed by atoms with Crippen LogP contribution >= 0.6 is 12.2 Å². The Hall–Kier alpha value is -1.50. The molecule has 4 N–H and O–H groups in total. The first kappa shape index (κ1) is 14.9. The number of amides is 1. The van der Waals surface area contributed by atoms with Gasteiger partial charge in [0.25, 0.3) is 0 Å². The van der Waals surface area contributed by atoms with E-state index in [9.17, 15) is 4.79 Å². The molecule has 6 heteroatoms. The van der Waals surface area contributed by atoms with Crippen LogP contribution in [0.25, 0.3) is 0 Å². The van der Waals surface area contributed by atoms with Crippen molar-refractivity contribution in [2.45, 2.75) is 18.9 Å². The van der Waals surface area contributed by atoms with Crippen molar-refractivity contribution >= 4 is 28.8 Å². The van der Waals surface area contributed by atoms with Crippen LogP contribution in [0.5, 0.6) is 0 Å². The highest BCUT2D eigenvalue weighted by Gasteiger charge is 2.29. The van der Waals surface area contributed by atoms with Gasteiger partial charge in [-0.2, -0.15) is 0 Å². The van der Waals surface area contributed by atoms with Gasteiger partial charge in [-0.3, -0.25) is 9.69 Å². The summed E-state index contributed by atoms with van der Waals surface area (Å²) in [6.07, 6.45) is 2.19. The number of nitrogens with zero attached hydrogens (tertiary/aromatic N) is 1. The predicted molar refractivity (Wildman–Crippen MR) is 82.6 cm³/mol. The number of para-hydroxylation sites is 1. The van der Waals surface area contributed by atoms with Gasteiger partial charge < -0.3 is 16.2 Å². The molecule has 1 aromatic rings. The third-order valence-corrected chi connectivity index (χ3v) is 3.48. The highest BCUT2D eigenvalue weighted by Crippen LogP contribution is 2.26. The van der Waals surface area contributed by atoms with Gasteiger partial charge in [-0.1, -0.05) is 24.4 Å². The summed E-state index contributed by atoms with van der Waals surface area (Å²) < 4.78 is 0. The van der Waals surface area contributed by atoms with Gasteiger partial charge >= 0.3 is 0 Å². The molecular formula is C14H19N3O2S. The van der Waals surface area contributed by atoms with Gasteiger partial charge in [0.15, 0.2) is 0 Å². The van der Waals surface area contributed by atoms with Crippen molar-refractivity contribution in [1.82, 2.24) is 4.90 Å². The number of nitrogens with one attached hydrogen (secondary N) is 1. The average molecular weight is 293 g/mol. The lowest BCUT2D eigenvalue weighted by Gasteiger charge is -2.20. The molecule has 1 amide bonds. The first-order valence-electron chi connectivity index (χ1n) is 6.65. The standard InChI is InChI=1S/C14H19N3O2S/c15-14(20)11-3-1-2-4-12(11)16-13(19)9-17(7-8-18)10-5-6-10/h1-4,10,18H,5-9H2,(H2,15,20)(H,16,19). The monoisotopic (exact) mass is 293 g/mol. The van der Waals surface area contributed by atoms with Crippen LogP contribution in [0, 0.1) is 0 Å². The van der Waals surface area contributed by atoms with Gasteiger partial charge in [-0.05, 0) is 25.0 Å². The van der Waals surface area contributed by atoms with E-state index in [1.807, 2.05) is 17.0 Å². The van der Waals surface area contributed by atoms with Gasteiger partial charge in [0, 0.05) is 18.2 Å². The Labute approximate surface area is 123 Å². The molecule has 1 aromatic carbocycles. The number of aliphatic hydroxyl groups is 1. The minimum absolute atomic E-state index is 0.0628. The highest BCUT2D eigenvalue weighted by atomic mass is 32.1. The van der Waals surface area contributed by atoms with Crippen molar-refractivity contribution in [3.8, 4) is 0 Å². The molecule has 5 nitrogen and oxygen atoms in total. The Morgan fingerprint density at radius 2 is 2.15 bits per heavy atom. The summed E-state index contributed by atoms with van der Waals surface area (Å²) in [6, 6.07) is 7.64. The number of thiocarbonyl (C=S) groups is 1. The number of rotatable bonds is 7. The first-order chi connectivity index (χ1) is 9.61. The molecule has 1 fully saturated rings. The van der Waals surface area contributed by atoms with E-state index in [1.165, 1.54) is 0 Å². The fraction of sp³-hybridized carbons (Fsp3) is 0.429. The highest BCUT2D eigenvalue weighted by molar-refractivity contribution is 7.80. The minimum Gasteiger partial charge on any atom is -0.395 e. The number of aliphatic hydroxyl groups excluding tert-OH is 1. The minimum atomic E-state index is -0.117. The van der Waals surface area contributed by atoms with E-state index in [-0.39, 0.29) is 24.0 Å². The lowest BCUT2D eigenvalue weighted by Crippen LogP contribution is -2.37. The first-order valence-corrected chi connectivity index (χ1v) is 7.06. The van der Waals surface area contributed by atoms with Crippen molar-refractivity contribution in [3.63, 3.8) is 0 Å². The summed E-state index contributed by atoms with van der Waals surface area (Å²) in [5, 5.41) is 11.9. The molecule has 20 heavy (non-hydrogen) atoms. The van der Waals surface area contributed by atoms with E-state index in [0.717, 1.165) is 12.8 Å². The normalized spacial score (nSPS) is 14.3. The van der Waals surface area contributed by atoms with Crippen molar-refractivity contribution in [2.24, 2.45) is 5.73 Å². The van der Waals surface area contributed by atoms with Crippen LogP contribution in [0.2, 0.25) is 0 Å². The van der Waals surface area contributed by atoms with E-state index >= 15 is 0 Å². The van der Waals surface area contributed by atoms with Gasteiger partial charge in [0.05, 0.1) is 18.8 Å². The van der Waals surface area contributed by atoms with Crippen LogP contribution in [0.4, 0.5) is 5.69 Å². The molecule has 1 aliphatic carbocycles. The van der Waals surface area contributed by atoms with E-state index in [0.29, 0.717) is 23.8 Å². The quantitative estimate of drug-likeness (QED) is 0.646. The molecule has 0 bridgehead atoms. The van der Waals surface area contributed by atoms with E-state index in [1.54, 1.807) is 12.1 Å². The lowest BCUT2D eigenvalue weighted by molar-refractivity contribution is -0.117. The molecule has 0 aliphatic heterocycles. The average Bonchev–Trinajstić information content (AvgIpc) is 3.23. The maximum atomic E-state index is 12.1. The van der Waals surface area contributed by atoms with E-state index < -0.39 is 0 Å². The number of hydrogen-bond donors (Lipinski definition) is 3. The molecule has 0 heterocycles. The van der Waals surface area contributed by atoms with Crippen LogP contribution in [-0.4, -0.2) is 46.6 Å². The Balaban J connectivity index is 1.98. The molecule has 0 spiro atoms. The van der Waals surface area contributed by atoms with Gasteiger partial charge in [-0.15, -0.1) is 0 Å². The Bertz CT molecular complexity index is 503. The zero-order chi connectivity index (χ0) is 14.5. The molecule has 0 unspecified atom stereocenters. The van der Waals surface area contributed by atoms with Crippen LogP contribution < -0.4 is 11.1 Å². The fourth-order valence-electron chi connectivity index (χ4n) is 2.14. The fourth-order valence-corrected chi connectivity index (χ4v) is 2.32. The maximum absolute atomic E-state index is 12.1.